The molecule has 3 aromatic rings. The molecule has 1 heterocycles. The summed E-state index contributed by atoms with van der Waals surface area (Å²) >= 11 is 1.58. The Labute approximate surface area is 175 Å². The number of rotatable bonds is 8. The molecule has 0 aliphatic heterocycles. The maximum Gasteiger partial charge on any atom is 0.252 e. The summed E-state index contributed by atoms with van der Waals surface area (Å²) in [4.78, 5) is 14.0. The number of thiophene rings is 1. The van der Waals surface area contributed by atoms with Crippen molar-refractivity contribution in [2.45, 2.75) is 31.2 Å². The third-order valence-electron chi connectivity index (χ3n) is 4.59. The van der Waals surface area contributed by atoms with E-state index in [2.05, 4.69) is 29.1 Å². The average Bonchev–Trinajstić information content (AvgIpc) is 3.26. The van der Waals surface area contributed by atoms with Crippen molar-refractivity contribution in [2.24, 2.45) is 0 Å². The lowest BCUT2D eigenvalue weighted by molar-refractivity contribution is 0.0943. The Morgan fingerprint density at radius 3 is 2.24 bits per heavy atom. The van der Waals surface area contributed by atoms with E-state index in [1.165, 1.54) is 29.8 Å². The second-order valence-corrected chi connectivity index (χ2v) is 9.29. The van der Waals surface area contributed by atoms with Gasteiger partial charge in [0, 0.05) is 17.0 Å². The number of benzene rings is 2. The van der Waals surface area contributed by atoms with Gasteiger partial charge in [-0.15, -0.1) is 11.3 Å². The number of hydrogen-bond acceptors (Lipinski definition) is 4. The molecule has 0 fully saturated rings. The molecule has 1 amide bonds. The predicted molar refractivity (Wildman–Crippen MR) is 117 cm³/mol. The molecular formula is C22H24N2O3S2. The Hall–Kier alpha value is -2.48. The molecule has 0 spiro atoms. The summed E-state index contributed by atoms with van der Waals surface area (Å²) in [5.74, 6) is -0.254. The standard InChI is InChI=1S/C22H24N2O3S2/c1-3-16-7-9-17(10-8-16)21(20-6-5-15-28-20)24-22(25)18-11-13-19(14-12-18)29(26,27)23-4-2/h5-15,21,23H,3-4H2,1-2H3,(H,24,25). The fourth-order valence-electron chi connectivity index (χ4n) is 2.99. The van der Waals surface area contributed by atoms with Gasteiger partial charge in [0.25, 0.3) is 5.91 Å². The Balaban J connectivity index is 1.83. The van der Waals surface area contributed by atoms with E-state index in [9.17, 15) is 13.2 Å². The van der Waals surface area contributed by atoms with Gasteiger partial charge in [-0.3, -0.25) is 4.79 Å². The van der Waals surface area contributed by atoms with Crippen molar-refractivity contribution >= 4 is 27.3 Å². The van der Waals surface area contributed by atoms with Gasteiger partial charge in [0.05, 0.1) is 10.9 Å². The Morgan fingerprint density at radius 2 is 1.69 bits per heavy atom. The highest BCUT2D eigenvalue weighted by atomic mass is 32.2. The first kappa shape index (κ1) is 21.2. The first-order valence-corrected chi connectivity index (χ1v) is 11.8. The minimum Gasteiger partial charge on any atom is -0.340 e. The molecule has 2 aromatic carbocycles. The van der Waals surface area contributed by atoms with Crippen molar-refractivity contribution < 1.29 is 13.2 Å². The van der Waals surface area contributed by atoms with E-state index in [1.54, 1.807) is 18.3 Å². The van der Waals surface area contributed by atoms with Gasteiger partial charge in [-0.25, -0.2) is 13.1 Å². The second kappa shape index (κ2) is 9.35. The Kier molecular flexibility index (Phi) is 6.84. The third kappa shape index (κ3) is 5.12. The zero-order valence-corrected chi connectivity index (χ0v) is 18.0. The van der Waals surface area contributed by atoms with Gasteiger partial charge in [0.15, 0.2) is 0 Å². The first-order valence-electron chi connectivity index (χ1n) is 9.47. The predicted octanol–water partition coefficient (Wildman–Crippen LogP) is 4.13. The molecule has 0 aliphatic carbocycles. The smallest absolute Gasteiger partial charge is 0.252 e. The monoisotopic (exact) mass is 428 g/mol. The molecule has 3 rings (SSSR count). The molecule has 5 nitrogen and oxygen atoms in total. The topological polar surface area (TPSA) is 75.3 Å². The van der Waals surface area contributed by atoms with Gasteiger partial charge < -0.3 is 5.32 Å². The lowest BCUT2D eigenvalue weighted by atomic mass is 10.0. The molecule has 0 radical (unpaired) electrons. The van der Waals surface area contributed by atoms with E-state index in [0.29, 0.717) is 12.1 Å². The summed E-state index contributed by atoms with van der Waals surface area (Å²) in [7, 11) is -3.54. The van der Waals surface area contributed by atoms with E-state index < -0.39 is 10.0 Å². The SMILES string of the molecule is CCNS(=O)(=O)c1ccc(C(=O)NC(c2ccc(CC)cc2)c2cccs2)cc1. The van der Waals surface area contributed by atoms with Crippen LogP contribution < -0.4 is 10.0 Å². The van der Waals surface area contributed by atoms with Crippen LogP contribution in [0.3, 0.4) is 0 Å². The van der Waals surface area contributed by atoms with E-state index in [1.807, 2.05) is 29.6 Å². The Bertz CT molecular complexity index is 1040. The number of carbonyl (C=O) groups excluding carboxylic acids is 1. The molecule has 1 atom stereocenters. The summed E-state index contributed by atoms with van der Waals surface area (Å²) < 4.78 is 26.6. The number of aryl methyl sites for hydroxylation is 1. The molecule has 2 N–H and O–H groups in total. The zero-order chi connectivity index (χ0) is 20.9. The number of hydrogen-bond donors (Lipinski definition) is 2. The van der Waals surface area contributed by atoms with Crippen LogP contribution in [0.2, 0.25) is 0 Å². The molecule has 0 bridgehead atoms. The van der Waals surface area contributed by atoms with Gasteiger partial charge in [-0.2, -0.15) is 0 Å². The van der Waals surface area contributed by atoms with Gasteiger partial charge in [0.2, 0.25) is 10.0 Å². The molecule has 7 heteroatoms. The molecule has 0 saturated heterocycles. The highest BCUT2D eigenvalue weighted by molar-refractivity contribution is 7.89. The first-order chi connectivity index (χ1) is 13.9. The summed E-state index contributed by atoms with van der Waals surface area (Å²) in [6, 6.07) is 17.9. The molecule has 29 heavy (non-hydrogen) atoms. The summed E-state index contributed by atoms with van der Waals surface area (Å²) in [5, 5.41) is 5.06. The van der Waals surface area contributed by atoms with Crippen LogP contribution in [0.25, 0.3) is 0 Å². The van der Waals surface area contributed by atoms with Crippen LogP contribution in [0, 0.1) is 0 Å². The van der Waals surface area contributed by atoms with E-state index in [0.717, 1.165) is 16.9 Å². The van der Waals surface area contributed by atoms with Crippen LogP contribution >= 0.6 is 11.3 Å². The fourth-order valence-corrected chi connectivity index (χ4v) is 4.84. The van der Waals surface area contributed by atoms with E-state index in [4.69, 9.17) is 0 Å². The summed E-state index contributed by atoms with van der Waals surface area (Å²) in [5.41, 5.74) is 2.65. The normalized spacial score (nSPS) is 12.5. The number of carbonyl (C=O) groups is 1. The molecule has 1 unspecified atom stereocenters. The maximum atomic E-state index is 12.9. The van der Waals surface area contributed by atoms with E-state index in [-0.39, 0.29) is 16.8 Å². The molecular weight excluding hydrogens is 404 g/mol. The lowest BCUT2D eigenvalue weighted by Gasteiger charge is -2.19. The minimum absolute atomic E-state index is 0.140. The highest BCUT2D eigenvalue weighted by Gasteiger charge is 2.20. The number of nitrogens with one attached hydrogen (secondary N) is 2. The molecule has 1 aromatic heterocycles. The highest BCUT2D eigenvalue weighted by Crippen LogP contribution is 2.27. The van der Waals surface area contributed by atoms with Gasteiger partial charge >= 0.3 is 0 Å². The second-order valence-electron chi connectivity index (χ2n) is 6.54. The van der Waals surface area contributed by atoms with Crippen LogP contribution in [0.4, 0.5) is 0 Å². The number of sulfonamides is 1. The van der Waals surface area contributed by atoms with Crippen molar-refractivity contribution in [3.05, 3.63) is 87.6 Å². The van der Waals surface area contributed by atoms with Crippen LogP contribution in [0.5, 0.6) is 0 Å². The largest absolute Gasteiger partial charge is 0.340 e. The van der Waals surface area contributed by atoms with Crippen molar-refractivity contribution in [2.75, 3.05) is 6.54 Å². The van der Waals surface area contributed by atoms with Crippen LogP contribution in [0.15, 0.2) is 70.9 Å². The third-order valence-corrected chi connectivity index (χ3v) is 7.08. The van der Waals surface area contributed by atoms with Crippen LogP contribution in [0.1, 0.15) is 46.3 Å². The summed E-state index contributed by atoms with van der Waals surface area (Å²) in [6.45, 7) is 4.13. The van der Waals surface area contributed by atoms with Crippen molar-refractivity contribution in [1.82, 2.24) is 10.0 Å². The lowest BCUT2D eigenvalue weighted by Crippen LogP contribution is -2.29. The van der Waals surface area contributed by atoms with Crippen molar-refractivity contribution in [3.63, 3.8) is 0 Å². The Morgan fingerprint density at radius 1 is 1.00 bits per heavy atom. The van der Waals surface area contributed by atoms with Crippen molar-refractivity contribution in [1.29, 1.82) is 0 Å². The van der Waals surface area contributed by atoms with Crippen LogP contribution in [-0.2, 0) is 16.4 Å². The van der Waals surface area contributed by atoms with Gasteiger partial charge in [0.1, 0.15) is 0 Å². The molecule has 152 valence electrons. The fraction of sp³-hybridized carbons (Fsp3) is 0.227. The molecule has 0 saturated carbocycles. The van der Waals surface area contributed by atoms with Crippen molar-refractivity contribution in [3.8, 4) is 0 Å². The van der Waals surface area contributed by atoms with E-state index >= 15 is 0 Å². The number of amides is 1. The maximum absolute atomic E-state index is 12.9. The average molecular weight is 429 g/mol. The quantitative estimate of drug-likeness (QED) is 0.566. The molecule has 0 aliphatic rings. The summed E-state index contributed by atoms with van der Waals surface area (Å²) in [6.07, 6.45) is 0.957. The zero-order valence-electron chi connectivity index (χ0n) is 16.4. The van der Waals surface area contributed by atoms with Gasteiger partial charge in [-0.1, -0.05) is 44.2 Å². The minimum atomic E-state index is -3.54. The van der Waals surface area contributed by atoms with Gasteiger partial charge in [-0.05, 0) is 53.3 Å². The van der Waals surface area contributed by atoms with Crippen LogP contribution in [-0.4, -0.2) is 20.9 Å².